The van der Waals surface area contributed by atoms with Crippen LogP contribution in [0.3, 0.4) is 0 Å². The number of nitrogens with zero attached hydrogens (tertiary/aromatic N) is 1. The number of amides is 1. The molecular formula is C20H22BrNO3. The average Bonchev–Trinajstić information content (AvgIpc) is 2.60. The molecule has 1 saturated heterocycles. The number of carbonyl (C=O) groups is 1. The molecule has 5 heteroatoms. The lowest BCUT2D eigenvalue weighted by Crippen LogP contribution is -2.48. The number of hydrogen-bond donors (Lipinski definition) is 0. The molecule has 1 amide bonds. The Labute approximate surface area is 156 Å². The topological polar surface area (TPSA) is 38.8 Å². The van der Waals surface area contributed by atoms with E-state index in [-0.39, 0.29) is 18.1 Å². The molecule has 1 aliphatic rings. The zero-order valence-electron chi connectivity index (χ0n) is 14.4. The van der Waals surface area contributed by atoms with E-state index in [1.165, 1.54) is 0 Å². The quantitative estimate of drug-likeness (QED) is 0.764. The van der Waals surface area contributed by atoms with Crippen LogP contribution < -0.4 is 4.74 Å². The molecule has 2 aromatic carbocycles. The molecule has 0 bridgehead atoms. The number of ether oxygens (including phenoxy) is 2. The molecular weight excluding hydrogens is 382 g/mol. The van der Waals surface area contributed by atoms with Gasteiger partial charge in [0.2, 0.25) is 0 Å². The molecule has 1 fully saturated rings. The van der Waals surface area contributed by atoms with Crippen molar-refractivity contribution in [3.63, 3.8) is 0 Å². The van der Waals surface area contributed by atoms with Gasteiger partial charge in [0, 0.05) is 18.7 Å². The van der Waals surface area contributed by atoms with Crippen LogP contribution >= 0.6 is 15.9 Å². The van der Waals surface area contributed by atoms with Crippen LogP contribution in [0.15, 0.2) is 53.0 Å². The third kappa shape index (κ3) is 4.61. The molecule has 0 aliphatic carbocycles. The van der Waals surface area contributed by atoms with Gasteiger partial charge in [-0.25, -0.2) is 0 Å². The number of para-hydroxylation sites is 1. The van der Waals surface area contributed by atoms with Gasteiger partial charge in [-0.3, -0.25) is 4.79 Å². The van der Waals surface area contributed by atoms with Gasteiger partial charge in [-0.15, -0.1) is 0 Å². The molecule has 0 radical (unpaired) electrons. The molecule has 0 spiro atoms. The Morgan fingerprint density at radius 2 is 1.76 bits per heavy atom. The minimum absolute atomic E-state index is 0.0558. The molecule has 3 rings (SSSR count). The van der Waals surface area contributed by atoms with Crippen LogP contribution in [0.1, 0.15) is 29.8 Å². The summed E-state index contributed by atoms with van der Waals surface area (Å²) in [5.41, 5.74) is 1.72. The summed E-state index contributed by atoms with van der Waals surface area (Å²) in [7, 11) is 0. The molecule has 0 unspecified atom stereocenters. The highest BCUT2D eigenvalue weighted by molar-refractivity contribution is 9.10. The Morgan fingerprint density at radius 1 is 1.12 bits per heavy atom. The third-order valence-electron chi connectivity index (χ3n) is 4.14. The maximum atomic E-state index is 12.7. The summed E-state index contributed by atoms with van der Waals surface area (Å²) < 4.78 is 12.4. The van der Waals surface area contributed by atoms with Crippen molar-refractivity contribution in [2.45, 2.75) is 32.7 Å². The predicted octanol–water partition coefficient (Wildman–Crippen LogP) is 4.28. The summed E-state index contributed by atoms with van der Waals surface area (Å²) in [6.07, 6.45) is 0.148. The maximum Gasteiger partial charge on any atom is 0.254 e. The van der Waals surface area contributed by atoms with Crippen LogP contribution in [0.5, 0.6) is 5.75 Å². The summed E-state index contributed by atoms with van der Waals surface area (Å²) in [4.78, 5) is 14.5. The Hall–Kier alpha value is -1.85. The highest BCUT2D eigenvalue weighted by Crippen LogP contribution is 2.24. The standard InChI is InChI=1S/C20H22BrNO3/c1-14-11-22(12-15(2)25-14)20(23)17-9-7-16(8-10-17)13-24-19-6-4-3-5-18(19)21/h3-10,14-15H,11-13H2,1-2H3/t14-,15+. The lowest BCUT2D eigenvalue weighted by Gasteiger charge is -2.35. The van der Waals surface area contributed by atoms with Crippen molar-refractivity contribution in [1.82, 2.24) is 4.90 Å². The average molecular weight is 404 g/mol. The number of halogens is 1. The Balaban J connectivity index is 1.62. The highest BCUT2D eigenvalue weighted by atomic mass is 79.9. The van der Waals surface area contributed by atoms with E-state index in [2.05, 4.69) is 15.9 Å². The maximum absolute atomic E-state index is 12.7. The van der Waals surface area contributed by atoms with Gasteiger partial charge in [-0.2, -0.15) is 0 Å². The van der Waals surface area contributed by atoms with E-state index in [0.29, 0.717) is 25.3 Å². The van der Waals surface area contributed by atoms with Gasteiger partial charge >= 0.3 is 0 Å². The fraction of sp³-hybridized carbons (Fsp3) is 0.350. The van der Waals surface area contributed by atoms with Crippen LogP contribution in [-0.4, -0.2) is 36.1 Å². The normalized spacial score (nSPS) is 20.4. The van der Waals surface area contributed by atoms with Crippen LogP contribution in [0.25, 0.3) is 0 Å². The fourth-order valence-corrected chi connectivity index (χ4v) is 3.39. The zero-order valence-corrected chi connectivity index (χ0v) is 16.0. The second kappa shape index (κ2) is 8.02. The summed E-state index contributed by atoms with van der Waals surface area (Å²) in [5, 5.41) is 0. The van der Waals surface area contributed by atoms with Gasteiger partial charge in [-0.1, -0.05) is 24.3 Å². The van der Waals surface area contributed by atoms with E-state index in [4.69, 9.17) is 9.47 Å². The summed E-state index contributed by atoms with van der Waals surface area (Å²) in [6.45, 7) is 5.73. The predicted molar refractivity (Wildman–Crippen MR) is 101 cm³/mol. The van der Waals surface area contributed by atoms with Crippen LogP contribution in [0, 0.1) is 0 Å². The molecule has 0 aromatic heterocycles. The second-order valence-electron chi connectivity index (χ2n) is 6.38. The first kappa shape index (κ1) is 18.0. The fourth-order valence-electron chi connectivity index (χ4n) is 2.99. The van der Waals surface area contributed by atoms with Gasteiger partial charge in [0.1, 0.15) is 12.4 Å². The number of hydrogen-bond acceptors (Lipinski definition) is 3. The molecule has 132 valence electrons. The second-order valence-corrected chi connectivity index (χ2v) is 7.24. The van der Waals surface area contributed by atoms with Crippen molar-refractivity contribution in [3.05, 3.63) is 64.1 Å². The molecule has 4 nitrogen and oxygen atoms in total. The number of morpholine rings is 1. The van der Waals surface area contributed by atoms with Crippen LogP contribution in [0.2, 0.25) is 0 Å². The number of benzene rings is 2. The first-order chi connectivity index (χ1) is 12.0. The lowest BCUT2D eigenvalue weighted by molar-refractivity contribution is -0.0586. The molecule has 0 saturated carbocycles. The van der Waals surface area contributed by atoms with Crippen molar-refractivity contribution in [2.24, 2.45) is 0 Å². The minimum Gasteiger partial charge on any atom is -0.488 e. The van der Waals surface area contributed by atoms with E-state index in [9.17, 15) is 4.79 Å². The monoisotopic (exact) mass is 403 g/mol. The Kier molecular flexibility index (Phi) is 5.76. The molecule has 0 N–H and O–H groups in total. The van der Waals surface area contributed by atoms with Crippen molar-refractivity contribution in [1.29, 1.82) is 0 Å². The Morgan fingerprint density at radius 3 is 2.40 bits per heavy atom. The van der Waals surface area contributed by atoms with Crippen molar-refractivity contribution in [3.8, 4) is 5.75 Å². The van der Waals surface area contributed by atoms with Crippen LogP contribution in [-0.2, 0) is 11.3 Å². The van der Waals surface area contributed by atoms with E-state index >= 15 is 0 Å². The largest absolute Gasteiger partial charge is 0.488 e. The molecule has 2 aromatic rings. The van der Waals surface area contributed by atoms with Crippen molar-refractivity contribution >= 4 is 21.8 Å². The van der Waals surface area contributed by atoms with E-state index in [1.54, 1.807) is 0 Å². The highest BCUT2D eigenvalue weighted by Gasteiger charge is 2.26. The smallest absolute Gasteiger partial charge is 0.254 e. The first-order valence-corrected chi connectivity index (χ1v) is 9.23. The zero-order chi connectivity index (χ0) is 17.8. The van der Waals surface area contributed by atoms with Crippen LogP contribution in [0.4, 0.5) is 0 Å². The molecule has 2 atom stereocenters. The summed E-state index contributed by atoms with van der Waals surface area (Å²) >= 11 is 3.47. The first-order valence-electron chi connectivity index (χ1n) is 8.44. The SMILES string of the molecule is C[C@@H]1CN(C(=O)c2ccc(COc3ccccc3Br)cc2)C[C@H](C)O1. The van der Waals surface area contributed by atoms with Gasteiger partial charge in [0.25, 0.3) is 5.91 Å². The Bertz CT molecular complexity index is 722. The number of rotatable bonds is 4. The van der Waals surface area contributed by atoms with Gasteiger partial charge in [0.05, 0.1) is 16.7 Å². The van der Waals surface area contributed by atoms with E-state index in [0.717, 1.165) is 15.8 Å². The minimum atomic E-state index is 0.0558. The number of carbonyl (C=O) groups excluding carboxylic acids is 1. The molecule has 1 heterocycles. The van der Waals surface area contributed by atoms with Crippen molar-refractivity contribution in [2.75, 3.05) is 13.1 Å². The molecule has 25 heavy (non-hydrogen) atoms. The van der Waals surface area contributed by atoms with E-state index < -0.39 is 0 Å². The van der Waals surface area contributed by atoms with Gasteiger partial charge in [0.15, 0.2) is 0 Å². The lowest BCUT2D eigenvalue weighted by atomic mass is 10.1. The molecule has 1 aliphatic heterocycles. The summed E-state index contributed by atoms with van der Waals surface area (Å²) in [5.74, 6) is 0.860. The summed E-state index contributed by atoms with van der Waals surface area (Å²) in [6, 6.07) is 15.4. The van der Waals surface area contributed by atoms with E-state index in [1.807, 2.05) is 67.3 Å². The van der Waals surface area contributed by atoms with Gasteiger partial charge in [-0.05, 0) is 59.6 Å². The third-order valence-corrected chi connectivity index (χ3v) is 4.79. The van der Waals surface area contributed by atoms with Crippen molar-refractivity contribution < 1.29 is 14.3 Å². The van der Waals surface area contributed by atoms with Gasteiger partial charge < -0.3 is 14.4 Å².